The van der Waals surface area contributed by atoms with Gasteiger partial charge in [0, 0.05) is 48.6 Å². The first-order valence-electron chi connectivity index (χ1n) is 6.84. The number of imide groups is 1. The van der Waals surface area contributed by atoms with Crippen LogP contribution in [-0.4, -0.2) is 40.7 Å². The molecule has 2 N–H and O–H groups in total. The van der Waals surface area contributed by atoms with E-state index in [1.54, 1.807) is 12.1 Å². The Labute approximate surface area is 121 Å². The molecule has 108 valence electrons. The number of fused-ring (bicyclic) bond motifs is 1. The Morgan fingerprint density at radius 3 is 2.71 bits per heavy atom. The Bertz CT molecular complexity index is 704. The molecule has 1 aromatic heterocycles. The second-order valence-electron chi connectivity index (χ2n) is 4.97. The molecule has 2 heterocycles. The summed E-state index contributed by atoms with van der Waals surface area (Å²) in [4.78, 5) is 39.2. The van der Waals surface area contributed by atoms with Gasteiger partial charge in [-0.3, -0.25) is 19.3 Å². The number of aromatic nitrogens is 1. The molecule has 0 saturated carbocycles. The number of nitrogens with one attached hydrogen (secondary N) is 2. The van der Waals surface area contributed by atoms with Crippen molar-refractivity contribution in [3.05, 3.63) is 36.0 Å². The van der Waals surface area contributed by atoms with Gasteiger partial charge < -0.3 is 10.3 Å². The first-order valence-corrected chi connectivity index (χ1v) is 6.84. The largest absolute Gasteiger partial charge is 0.361 e. The van der Waals surface area contributed by atoms with Gasteiger partial charge in [-0.2, -0.15) is 0 Å². The van der Waals surface area contributed by atoms with E-state index in [0.717, 1.165) is 10.9 Å². The zero-order valence-electron chi connectivity index (χ0n) is 11.4. The number of carbonyl (C=O) groups is 3. The topological polar surface area (TPSA) is 82.3 Å². The van der Waals surface area contributed by atoms with E-state index in [9.17, 15) is 14.4 Å². The third-order valence-electron chi connectivity index (χ3n) is 3.59. The van der Waals surface area contributed by atoms with Crippen molar-refractivity contribution in [2.45, 2.75) is 12.8 Å². The lowest BCUT2D eigenvalue weighted by atomic mass is 10.1. The SMILES string of the molecule is O=C(NCCN1C(=O)CCC1=O)c1ccc2[nH]ccc2c1. The minimum absolute atomic E-state index is 0.164. The summed E-state index contributed by atoms with van der Waals surface area (Å²) >= 11 is 0. The zero-order chi connectivity index (χ0) is 14.8. The first kappa shape index (κ1) is 13.4. The second kappa shape index (κ2) is 5.40. The van der Waals surface area contributed by atoms with Gasteiger partial charge in [0.15, 0.2) is 0 Å². The molecule has 0 bridgehead atoms. The average molecular weight is 285 g/mol. The fraction of sp³-hybridized carbons (Fsp3) is 0.267. The molecular weight excluding hydrogens is 270 g/mol. The molecule has 3 amide bonds. The molecule has 2 aromatic rings. The normalized spacial score (nSPS) is 15.0. The van der Waals surface area contributed by atoms with Gasteiger partial charge in [0.1, 0.15) is 0 Å². The summed E-state index contributed by atoms with van der Waals surface area (Å²) < 4.78 is 0. The van der Waals surface area contributed by atoms with Crippen molar-refractivity contribution < 1.29 is 14.4 Å². The lowest BCUT2D eigenvalue weighted by molar-refractivity contribution is -0.138. The molecule has 0 aliphatic carbocycles. The molecular formula is C15H15N3O3. The molecule has 0 atom stereocenters. The number of amides is 3. The summed E-state index contributed by atoms with van der Waals surface area (Å²) in [7, 11) is 0. The lowest BCUT2D eigenvalue weighted by Crippen LogP contribution is -2.37. The minimum atomic E-state index is -0.211. The van der Waals surface area contributed by atoms with Crippen molar-refractivity contribution in [2.24, 2.45) is 0 Å². The molecule has 1 aromatic carbocycles. The molecule has 3 rings (SSSR count). The highest BCUT2D eigenvalue weighted by Crippen LogP contribution is 2.14. The molecule has 21 heavy (non-hydrogen) atoms. The van der Waals surface area contributed by atoms with Gasteiger partial charge in [-0.1, -0.05) is 0 Å². The summed E-state index contributed by atoms with van der Waals surface area (Å²) in [5, 5.41) is 3.69. The van der Waals surface area contributed by atoms with E-state index in [0.29, 0.717) is 5.56 Å². The molecule has 0 radical (unpaired) electrons. The molecule has 1 saturated heterocycles. The molecule has 6 nitrogen and oxygen atoms in total. The number of carbonyl (C=O) groups excluding carboxylic acids is 3. The molecule has 1 aliphatic heterocycles. The van der Waals surface area contributed by atoms with E-state index in [-0.39, 0.29) is 43.7 Å². The van der Waals surface area contributed by atoms with E-state index < -0.39 is 0 Å². The number of hydrogen-bond donors (Lipinski definition) is 2. The van der Waals surface area contributed by atoms with Crippen LogP contribution in [0.5, 0.6) is 0 Å². The molecule has 1 aliphatic rings. The van der Waals surface area contributed by atoms with Crippen molar-refractivity contribution >= 4 is 28.6 Å². The zero-order valence-corrected chi connectivity index (χ0v) is 11.4. The van der Waals surface area contributed by atoms with Crippen molar-refractivity contribution in [3.63, 3.8) is 0 Å². The molecule has 0 spiro atoms. The van der Waals surface area contributed by atoms with Crippen LogP contribution in [0.15, 0.2) is 30.5 Å². The van der Waals surface area contributed by atoms with Gasteiger partial charge in [0.2, 0.25) is 11.8 Å². The lowest BCUT2D eigenvalue weighted by Gasteiger charge is -2.14. The maximum Gasteiger partial charge on any atom is 0.251 e. The van der Waals surface area contributed by atoms with Crippen molar-refractivity contribution in [3.8, 4) is 0 Å². The number of likely N-dealkylation sites (tertiary alicyclic amines) is 1. The summed E-state index contributed by atoms with van der Waals surface area (Å²) in [5.41, 5.74) is 1.53. The Kier molecular flexibility index (Phi) is 3.43. The number of benzene rings is 1. The fourth-order valence-electron chi connectivity index (χ4n) is 2.45. The molecule has 0 unspecified atom stereocenters. The van der Waals surface area contributed by atoms with Crippen molar-refractivity contribution in [1.29, 1.82) is 0 Å². The highest BCUT2D eigenvalue weighted by Gasteiger charge is 2.28. The van der Waals surface area contributed by atoms with Crippen LogP contribution in [0.3, 0.4) is 0 Å². The number of H-pyrrole nitrogens is 1. The first-order chi connectivity index (χ1) is 10.1. The van der Waals surface area contributed by atoms with E-state index in [1.807, 2.05) is 18.3 Å². The van der Waals surface area contributed by atoms with Crippen molar-refractivity contribution in [2.75, 3.05) is 13.1 Å². The average Bonchev–Trinajstić information content (AvgIpc) is 3.07. The van der Waals surface area contributed by atoms with Gasteiger partial charge in [-0.15, -0.1) is 0 Å². The van der Waals surface area contributed by atoms with Crippen LogP contribution in [0, 0.1) is 0 Å². The second-order valence-corrected chi connectivity index (χ2v) is 4.97. The Hall–Kier alpha value is -2.63. The van der Waals surface area contributed by atoms with Crippen LogP contribution in [0.1, 0.15) is 23.2 Å². The summed E-state index contributed by atoms with van der Waals surface area (Å²) in [6.07, 6.45) is 2.37. The number of hydrogen-bond acceptors (Lipinski definition) is 3. The third-order valence-corrected chi connectivity index (χ3v) is 3.59. The molecule has 6 heteroatoms. The smallest absolute Gasteiger partial charge is 0.251 e. The summed E-state index contributed by atoms with van der Waals surface area (Å²) in [6, 6.07) is 7.28. The maximum absolute atomic E-state index is 12.0. The summed E-state index contributed by atoms with van der Waals surface area (Å²) in [6.45, 7) is 0.497. The van der Waals surface area contributed by atoms with Crippen LogP contribution in [0.4, 0.5) is 0 Å². The predicted octanol–water partition coefficient (Wildman–Crippen LogP) is 1.05. The van der Waals surface area contributed by atoms with E-state index in [4.69, 9.17) is 0 Å². The van der Waals surface area contributed by atoms with E-state index in [2.05, 4.69) is 10.3 Å². The van der Waals surface area contributed by atoms with Gasteiger partial charge >= 0.3 is 0 Å². The fourth-order valence-corrected chi connectivity index (χ4v) is 2.45. The Balaban J connectivity index is 1.58. The Morgan fingerprint density at radius 1 is 1.19 bits per heavy atom. The monoisotopic (exact) mass is 285 g/mol. The van der Waals surface area contributed by atoms with Crippen LogP contribution < -0.4 is 5.32 Å². The van der Waals surface area contributed by atoms with Crippen molar-refractivity contribution in [1.82, 2.24) is 15.2 Å². The standard InChI is InChI=1S/C15H15N3O3/c19-13-3-4-14(20)18(13)8-7-17-15(21)11-1-2-12-10(9-11)5-6-16-12/h1-2,5-6,9,16H,3-4,7-8H2,(H,17,21). The maximum atomic E-state index is 12.0. The van der Waals surface area contributed by atoms with Crippen LogP contribution in [0.2, 0.25) is 0 Å². The highest BCUT2D eigenvalue weighted by molar-refractivity contribution is 6.02. The van der Waals surface area contributed by atoms with E-state index >= 15 is 0 Å². The third kappa shape index (κ3) is 2.65. The number of rotatable bonds is 4. The van der Waals surface area contributed by atoms with Gasteiger partial charge in [0.25, 0.3) is 5.91 Å². The minimum Gasteiger partial charge on any atom is -0.361 e. The Morgan fingerprint density at radius 2 is 1.95 bits per heavy atom. The van der Waals surface area contributed by atoms with Crippen LogP contribution in [0.25, 0.3) is 10.9 Å². The van der Waals surface area contributed by atoms with Gasteiger partial charge in [-0.05, 0) is 24.3 Å². The molecule has 1 fully saturated rings. The van der Waals surface area contributed by atoms with E-state index in [1.165, 1.54) is 4.90 Å². The van der Waals surface area contributed by atoms with Crippen LogP contribution >= 0.6 is 0 Å². The predicted molar refractivity (Wildman–Crippen MR) is 76.6 cm³/mol. The van der Waals surface area contributed by atoms with Gasteiger partial charge in [-0.25, -0.2) is 0 Å². The van der Waals surface area contributed by atoms with Gasteiger partial charge in [0.05, 0.1) is 0 Å². The summed E-state index contributed by atoms with van der Waals surface area (Å²) in [5.74, 6) is -0.539. The highest BCUT2D eigenvalue weighted by atomic mass is 16.2. The number of aromatic amines is 1. The quantitative estimate of drug-likeness (QED) is 0.824. The van der Waals surface area contributed by atoms with Crippen LogP contribution in [-0.2, 0) is 9.59 Å². The number of nitrogens with zero attached hydrogens (tertiary/aromatic N) is 1.